The smallest absolute Gasteiger partial charge is 0.319 e. The van der Waals surface area contributed by atoms with Crippen LogP contribution in [-0.4, -0.2) is 6.03 Å². The van der Waals surface area contributed by atoms with Gasteiger partial charge in [0.05, 0.1) is 5.54 Å². The number of aryl methyl sites for hydroxylation is 1. The molecule has 1 aliphatic carbocycles. The molecule has 0 aromatic heterocycles. The van der Waals surface area contributed by atoms with E-state index in [1.165, 1.54) is 12.1 Å². The normalized spacial score (nSPS) is 15.2. The van der Waals surface area contributed by atoms with Crippen LogP contribution in [0.25, 0.3) is 0 Å². The molecule has 0 spiro atoms. The van der Waals surface area contributed by atoms with E-state index in [1.807, 2.05) is 25.1 Å². The van der Waals surface area contributed by atoms with Crippen LogP contribution in [0, 0.1) is 12.7 Å². The lowest BCUT2D eigenvalue weighted by molar-refractivity contribution is 0.247. The molecule has 3 nitrogen and oxygen atoms in total. The molecule has 2 N–H and O–H groups in total. The number of anilines is 1. The summed E-state index contributed by atoms with van der Waals surface area (Å²) in [5.74, 6) is -0.269. The minimum Gasteiger partial charge on any atom is -0.328 e. The van der Waals surface area contributed by atoms with E-state index in [1.54, 1.807) is 12.1 Å². The van der Waals surface area contributed by atoms with Gasteiger partial charge in [-0.2, -0.15) is 0 Å². The van der Waals surface area contributed by atoms with E-state index in [-0.39, 0.29) is 17.4 Å². The Morgan fingerprint density at radius 3 is 2.45 bits per heavy atom. The average molecular weight is 363 g/mol. The third kappa shape index (κ3) is 3.14. The molecule has 2 amide bonds. The lowest BCUT2D eigenvalue weighted by Crippen LogP contribution is -2.38. The molecule has 0 saturated heterocycles. The van der Waals surface area contributed by atoms with Crippen LogP contribution in [0.1, 0.15) is 24.0 Å². The van der Waals surface area contributed by atoms with Crippen LogP contribution < -0.4 is 10.6 Å². The molecule has 2 aromatic rings. The van der Waals surface area contributed by atoms with Crippen molar-refractivity contribution in [2.24, 2.45) is 0 Å². The third-order valence-corrected chi connectivity index (χ3v) is 4.43. The standard InChI is InChI=1S/C17H16BrFN2O/c1-11-10-13(18)4-7-15(11)20-16(22)21-17(8-9-17)12-2-5-14(19)6-3-12/h2-7,10H,8-9H2,1H3,(H2,20,21,22). The van der Waals surface area contributed by atoms with Gasteiger partial charge in [0.2, 0.25) is 0 Å². The number of halogens is 2. The number of carbonyl (C=O) groups is 1. The summed E-state index contributed by atoms with van der Waals surface area (Å²) in [6.45, 7) is 1.94. The average Bonchev–Trinajstić information content (AvgIpc) is 3.23. The van der Waals surface area contributed by atoms with Crippen molar-refractivity contribution in [3.8, 4) is 0 Å². The Hall–Kier alpha value is -1.88. The summed E-state index contributed by atoms with van der Waals surface area (Å²) >= 11 is 3.40. The number of amides is 2. The summed E-state index contributed by atoms with van der Waals surface area (Å²) in [6, 6.07) is 11.8. The fourth-order valence-corrected chi connectivity index (χ4v) is 2.99. The van der Waals surface area contributed by atoms with Gasteiger partial charge in [-0.05, 0) is 61.2 Å². The second-order valence-corrected chi connectivity index (χ2v) is 6.54. The van der Waals surface area contributed by atoms with Gasteiger partial charge in [0.15, 0.2) is 0 Å². The fourth-order valence-electron chi connectivity index (χ4n) is 2.52. The van der Waals surface area contributed by atoms with E-state index in [0.717, 1.165) is 34.1 Å². The zero-order valence-electron chi connectivity index (χ0n) is 12.1. The highest BCUT2D eigenvalue weighted by atomic mass is 79.9. The first-order valence-electron chi connectivity index (χ1n) is 7.10. The molecule has 5 heteroatoms. The van der Waals surface area contributed by atoms with E-state index in [2.05, 4.69) is 26.6 Å². The molecule has 3 rings (SSSR count). The number of hydrogen-bond donors (Lipinski definition) is 2. The molecule has 0 atom stereocenters. The minimum atomic E-state index is -0.360. The van der Waals surface area contributed by atoms with Crippen LogP contribution in [0.3, 0.4) is 0 Å². The van der Waals surface area contributed by atoms with E-state index in [9.17, 15) is 9.18 Å². The maximum atomic E-state index is 13.0. The Labute approximate surface area is 137 Å². The van der Waals surface area contributed by atoms with Gasteiger partial charge in [-0.25, -0.2) is 9.18 Å². The summed E-state index contributed by atoms with van der Waals surface area (Å²) in [4.78, 5) is 12.2. The predicted molar refractivity (Wildman–Crippen MR) is 88.3 cm³/mol. The summed E-state index contributed by atoms with van der Waals surface area (Å²) in [7, 11) is 0. The van der Waals surface area contributed by atoms with Gasteiger partial charge in [-0.3, -0.25) is 0 Å². The van der Waals surface area contributed by atoms with Crippen LogP contribution >= 0.6 is 15.9 Å². The van der Waals surface area contributed by atoms with Gasteiger partial charge in [0.25, 0.3) is 0 Å². The molecular formula is C17H16BrFN2O. The van der Waals surface area contributed by atoms with E-state index in [4.69, 9.17) is 0 Å². The van der Waals surface area contributed by atoms with Crippen molar-refractivity contribution in [3.05, 3.63) is 63.9 Å². The van der Waals surface area contributed by atoms with Crippen molar-refractivity contribution >= 4 is 27.6 Å². The molecule has 22 heavy (non-hydrogen) atoms. The van der Waals surface area contributed by atoms with Crippen LogP contribution in [0.5, 0.6) is 0 Å². The van der Waals surface area contributed by atoms with Crippen molar-refractivity contribution in [3.63, 3.8) is 0 Å². The van der Waals surface area contributed by atoms with Crippen LogP contribution in [0.4, 0.5) is 14.9 Å². The maximum Gasteiger partial charge on any atom is 0.319 e. The summed E-state index contributed by atoms with van der Waals surface area (Å²) < 4.78 is 14.0. The van der Waals surface area contributed by atoms with E-state index >= 15 is 0 Å². The summed E-state index contributed by atoms with van der Waals surface area (Å²) in [5.41, 5.74) is 2.34. The highest BCUT2D eigenvalue weighted by Crippen LogP contribution is 2.45. The van der Waals surface area contributed by atoms with Crippen LogP contribution in [0.2, 0.25) is 0 Å². The van der Waals surface area contributed by atoms with Crippen molar-refractivity contribution in [2.75, 3.05) is 5.32 Å². The third-order valence-electron chi connectivity index (χ3n) is 3.94. The molecule has 0 unspecified atom stereocenters. The minimum absolute atomic E-state index is 0.243. The van der Waals surface area contributed by atoms with Crippen LogP contribution in [0.15, 0.2) is 46.9 Å². The Morgan fingerprint density at radius 2 is 1.86 bits per heavy atom. The first-order valence-corrected chi connectivity index (χ1v) is 7.89. The predicted octanol–water partition coefficient (Wildman–Crippen LogP) is 4.71. The Bertz CT molecular complexity index is 711. The number of benzene rings is 2. The van der Waals surface area contributed by atoms with Gasteiger partial charge < -0.3 is 10.6 Å². The molecular weight excluding hydrogens is 347 g/mol. The molecule has 0 bridgehead atoms. The lowest BCUT2D eigenvalue weighted by Gasteiger charge is -2.19. The second kappa shape index (κ2) is 5.72. The molecule has 0 radical (unpaired) electrons. The summed E-state index contributed by atoms with van der Waals surface area (Å²) in [5, 5.41) is 5.88. The molecule has 2 aromatic carbocycles. The fraction of sp³-hybridized carbons (Fsp3) is 0.235. The SMILES string of the molecule is Cc1cc(Br)ccc1NC(=O)NC1(c2ccc(F)cc2)CC1. The number of nitrogens with one attached hydrogen (secondary N) is 2. The van der Waals surface area contributed by atoms with Crippen molar-refractivity contribution in [2.45, 2.75) is 25.3 Å². The van der Waals surface area contributed by atoms with Crippen molar-refractivity contribution in [1.29, 1.82) is 0 Å². The van der Waals surface area contributed by atoms with Gasteiger partial charge in [-0.1, -0.05) is 28.1 Å². The zero-order valence-corrected chi connectivity index (χ0v) is 13.7. The van der Waals surface area contributed by atoms with Gasteiger partial charge in [0, 0.05) is 10.2 Å². The maximum absolute atomic E-state index is 13.0. The quantitative estimate of drug-likeness (QED) is 0.815. The van der Waals surface area contributed by atoms with Gasteiger partial charge >= 0.3 is 6.03 Å². The highest BCUT2D eigenvalue weighted by molar-refractivity contribution is 9.10. The number of urea groups is 1. The lowest BCUT2D eigenvalue weighted by atomic mass is 10.1. The summed E-state index contributed by atoms with van der Waals surface area (Å²) in [6.07, 6.45) is 1.73. The van der Waals surface area contributed by atoms with E-state index in [0.29, 0.717) is 0 Å². The number of carbonyl (C=O) groups excluding carboxylic acids is 1. The number of rotatable bonds is 3. The van der Waals surface area contributed by atoms with Gasteiger partial charge in [-0.15, -0.1) is 0 Å². The first-order chi connectivity index (χ1) is 10.5. The molecule has 0 heterocycles. The topological polar surface area (TPSA) is 41.1 Å². The Balaban J connectivity index is 1.70. The molecule has 1 aliphatic rings. The molecule has 114 valence electrons. The Kier molecular flexibility index (Phi) is 3.91. The highest BCUT2D eigenvalue weighted by Gasteiger charge is 2.45. The van der Waals surface area contributed by atoms with Crippen molar-refractivity contribution in [1.82, 2.24) is 5.32 Å². The largest absolute Gasteiger partial charge is 0.328 e. The van der Waals surface area contributed by atoms with Gasteiger partial charge in [0.1, 0.15) is 5.82 Å². The van der Waals surface area contributed by atoms with E-state index < -0.39 is 0 Å². The number of hydrogen-bond acceptors (Lipinski definition) is 1. The zero-order chi connectivity index (χ0) is 15.7. The molecule has 1 fully saturated rings. The molecule has 1 saturated carbocycles. The monoisotopic (exact) mass is 362 g/mol. The molecule has 0 aliphatic heterocycles. The van der Waals surface area contributed by atoms with Crippen molar-refractivity contribution < 1.29 is 9.18 Å². The second-order valence-electron chi connectivity index (χ2n) is 5.63. The first kappa shape index (κ1) is 15.0. The van der Waals surface area contributed by atoms with Crippen LogP contribution in [-0.2, 0) is 5.54 Å². The Morgan fingerprint density at radius 1 is 1.18 bits per heavy atom.